The summed E-state index contributed by atoms with van der Waals surface area (Å²) in [5.41, 5.74) is 3.42. The van der Waals surface area contributed by atoms with Crippen molar-refractivity contribution >= 4 is 17.2 Å². The van der Waals surface area contributed by atoms with Gasteiger partial charge in [0.05, 0.1) is 13.2 Å². The minimum absolute atomic E-state index is 0.0155. The van der Waals surface area contributed by atoms with Gasteiger partial charge in [0.1, 0.15) is 5.75 Å². The Kier molecular flexibility index (Phi) is 5.51. The number of carbonyl (C=O) groups is 1. The zero-order chi connectivity index (χ0) is 17.6. The molecule has 2 aromatic rings. The molecule has 1 atom stereocenters. The standard InChI is InChI=1S/C21H24N2O2/c1-16(21(24)22-19-8-10-20(25-2)11-9-19)23-14-12-18(13-15-23)17-6-4-3-5-7-17/h3-12,16H,13-15H2,1-2H3,(H,22,24)/t16-/m0/s1. The lowest BCUT2D eigenvalue weighted by Crippen LogP contribution is -2.44. The topological polar surface area (TPSA) is 41.6 Å². The molecular formula is C21H24N2O2. The first kappa shape index (κ1) is 17.2. The van der Waals surface area contributed by atoms with E-state index >= 15 is 0 Å². The second-order valence-corrected chi connectivity index (χ2v) is 6.23. The highest BCUT2D eigenvalue weighted by atomic mass is 16.5. The molecule has 130 valence electrons. The molecule has 1 aliphatic heterocycles. The number of carbonyl (C=O) groups excluding carboxylic acids is 1. The van der Waals surface area contributed by atoms with Gasteiger partial charge in [-0.3, -0.25) is 9.69 Å². The van der Waals surface area contributed by atoms with Gasteiger partial charge in [0, 0.05) is 18.8 Å². The first-order valence-electron chi connectivity index (χ1n) is 8.61. The van der Waals surface area contributed by atoms with Crippen LogP contribution in [0, 0.1) is 0 Å². The van der Waals surface area contributed by atoms with E-state index in [9.17, 15) is 4.79 Å². The van der Waals surface area contributed by atoms with Crippen LogP contribution in [0.1, 0.15) is 18.9 Å². The summed E-state index contributed by atoms with van der Waals surface area (Å²) in [6.45, 7) is 3.64. The summed E-state index contributed by atoms with van der Waals surface area (Å²) in [6.07, 6.45) is 3.19. The predicted octanol–water partition coefficient (Wildman–Crippen LogP) is 3.81. The molecule has 0 fully saturated rings. The van der Waals surface area contributed by atoms with E-state index in [0.29, 0.717) is 0 Å². The number of hydrogen-bond donors (Lipinski definition) is 1. The van der Waals surface area contributed by atoms with E-state index in [0.717, 1.165) is 30.9 Å². The molecule has 1 amide bonds. The maximum atomic E-state index is 12.5. The van der Waals surface area contributed by atoms with E-state index in [4.69, 9.17) is 4.74 Å². The van der Waals surface area contributed by atoms with E-state index in [2.05, 4.69) is 40.6 Å². The average Bonchev–Trinajstić information content (AvgIpc) is 2.69. The molecule has 0 saturated heterocycles. The highest BCUT2D eigenvalue weighted by molar-refractivity contribution is 5.94. The SMILES string of the molecule is COc1ccc(NC(=O)[C@H](C)N2CC=C(c3ccccc3)CC2)cc1. The zero-order valence-electron chi connectivity index (χ0n) is 14.7. The van der Waals surface area contributed by atoms with Crippen molar-refractivity contribution in [3.63, 3.8) is 0 Å². The summed E-state index contributed by atoms with van der Waals surface area (Å²) in [6, 6.07) is 17.7. The highest BCUT2D eigenvalue weighted by Crippen LogP contribution is 2.23. The molecule has 3 rings (SSSR count). The van der Waals surface area contributed by atoms with Crippen LogP contribution in [0.15, 0.2) is 60.7 Å². The number of hydrogen-bond acceptors (Lipinski definition) is 3. The molecular weight excluding hydrogens is 312 g/mol. The molecule has 0 spiro atoms. The van der Waals surface area contributed by atoms with Crippen LogP contribution in [-0.2, 0) is 4.79 Å². The van der Waals surface area contributed by atoms with Crippen molar-refractivity contribution in [1.29, 1.82) is 0 Å². The number of benzene rings is 2. The molecule has 0 radical (unpaired) electrons. The number of methoxy groups -OCH3 is 1. The maximum Gasteiger partial charge on any atom is 0.241 e. The van der Waals surface area contributed by atoms with E-state index in [1.54, 1.807) is 7.11 Å². The summed E-state index contributed by atoms with van der Waals surface area (Å²) >= 11 is 0. The predicted molar refractivity (Wildman–Crippen MR) is 102 cm³/mol. The molecule has 0 bridgehead atoms. The molecule has 4 nitrogen and oxygen atoms in total. The van der Waals surface area contributed by atoms with Crippen LogP contribution in [0.4, 0.5) is 5.69 Å². The highest BCUT2D eigenvalue weighted by Gasteiger charge is 2.23. The summed E-state index contributed by atoms with van der Waals surface area (Å²) in [5, 5.41) is 2.98. The fourth-order valence-electron chi connectivity index (χ4n) is 3.04. The van der Waals surface area contributed by atoms with Crippen molar-refractivity contribution < 1.29 is 9.53 Å². The molecule has 1 heterocycles. The Morgan fingerprint density at radius 3 is 2.44 bits per heavy atom. The summed E-state index contributed by atoms with van der Waals surface area (Å²) < 4.78 is 5.14. The third-order valence-corrected chi connectivity index (χ3v) is 4.67. The number of amides is 1. The summed E-state index contributed by atoms with van der Waals surface area (Å²) in [5.74, 6) is 0.794. The summed E-state index contributed by atoms with van der Waals surface area (Å²) in [7, 11) is 1.63. The van der Waals surface area contributed by atoms with Crippen LogP contribution < -0.4 is 10.1 Å². The summed E-state index contributed by atoms with van der Waals surface area (Å²) in [4.78, 5) is 14.7. The normalized spacial score (nSPS) is 16.0. The van der Waals surface area contributed by atoms with Crippen molar-refractivity contribution in [2.75, 3.05) is 25.5 Å². The third kappa shape index (κ3) is 4.28. The third-order valence-electron chi connectivity index (χ3n) is 4.67. The largest absolute Gasteiger partial charge is 0.497 e. The average molecular weight is 336 g/mol. The van der Waals surface area contributed by atoms with Gasteiger partial charge in [0.25, 0.3) is 0 Å². The molecule has 0 aliphatic carbocycles. The van der Waals surface area contributed by atoms with Crippen molar-refractivity contribution in [2.24, 2.45) is 0 Å². The van der Waals surface area contributed by atoms with Crippen LogP contribution in [0.2, 0.25) is 0 Å². The van der Waals surface area contributed by atoms with Gasteiger partial charge in [-0.25, -0.2) is 0 Å². The Morgan fingerprint density at radius 1 is 1.12 bits per heavy atom. The monoisotopic (exact) mass is 336 g/mol. The Hall–Kier alpha value is -2.59. The van der Waals surface area contributed by atoms with E-state index < -0.39 is 0 Å². The van der Waals surface area contributed by atoms with E-state index in [1.165, 1.54) is 11.1 Å². The fourth-order valence-corrected chi connectivity index (χ4v) is 3.04. The molecule has 0 aromatic heterocycles. The van der Waals surface area contributed by atoms with Crippen molar-refractivity contribution in [1.82, 2.24) is 4.90 Å². The van der Waals surface area contributed by atoms with Gasteiger partial charge in [-0.2, -0.15) is 0 Å². The maximum absolute atomic E-state index is 12.5. The Balaban J connectivity index is 1.58. The minimum Gasteiger partial charge on any atom is -0.497 e. The Morgan fingerprint density at radius 2 is 1.84 bits per heavy atom. The van der Waals surface area contributed by atoms with Crippen LogP contribution in [0.25, 0.3) is 5.57 Å². The fraction of sp³-hybridized carbons (Fsp3) is 0.286. The van der Waals surface area contributed by atoms with Crippen LogP contribution in [0.5, 0.6) is 5.75 Å². The van der Waals surface area contributed by atoms with Gasteiger partial charge in [-0.1, -0.05) is 36.4 Å². The van der Waals surface area contributed by atoms with Crippen LogP contribution in [0.3, 0.4) is 0 Å². The Labute approximate surface area is 149 Å². The first-order valence-corrected chi connectivity index (χ1v) is 8.61. The minimum atomic E-state index is -0.171. The number of nitrogens with zero attached hydrogens (tertiary/aromatic N) is 1. The lowest BCUT2D eigenvalue weighted by atomic mass is 9.99. The van der Waals surface area contributed by atoms with Gasteiger partial charge < -0.3 is 10.1 Å². The molecule has 1 N–H and O–H groups in total. The van der Waals surface area contributed by atoms with Crippen molar-refractivity contribution in [3.05, 3.63) is 66.2 Å². The molecule has 2 aromatic carbocycles. The van der Waals surface area contributed by atoms with Gasteiger partial charge in [-0.05, 0) is 48.7 Å². The zero-order valence-corrected chi connectivity index (χ0v) is 14.7. The Bertz CT molecular complexity index is 738. The van der Waals surface area contributed by atoms with Crippen molar-refractivity contribution in [2.45, 2.75) is 19.4 Å². The molecule has 0 saturated carbocycles. The molecule has 0 unspecified atom stereocenters. The number of anilines is 1. The smallest absolute Gasteiger partial charge is 0.241 e. The van der Waals surface area contributed by atoms with Gasteiger partial charge in [-0.15, -0.1) is 0 Å². The van der Waals surface area contributed by atoms with E-state index in [-0.39, 0.29) is 11.9 Å². The molecule has 4 heteroatoms. The number of ether oxygens (including phenoxy) is 1. The van der Waals surface area contributed by atoms with Gasteiger partial charge in [0.2, 0.25) is 5.91 Å². The molecule has 1 aliphatic rings. The quantitative estimate of drug-likeness (QED) is 0.903. The lowest BCUT2D eigenvalue weighted by molar-refractivity contribution is -0.120. The first-order chi connectivity index (χ1) is 12.2. The van der Waals surface area contributed by atoms with Gasteiger partial charge in [0.15, 0.2) is 0 Å². The molecule has 25 heavy (non-hydrogen) atoms. The van der Waals surface area contributed by atoms with Crippen molar-refractivity contribution in [3.8, 4) is 5.75 Å². The van der Waals surface area contributed by atoms with Crippen LogP contribution >= 0.6 is 0 Å². The number of nitrogens with one attached hydrogen (secondary N) is 1. The van der Waals surface area contributed by atoms with Crippen LogP contribution in [-0.4, -0.2) is 37.0 Å². The second-order valence-electron chi connectivity index (χ2n) is 6.23. The van der Waals surface area contributed by atoms with E-state index in [1.807, 2.05) is 37.3 Å². The second kappa shape index (κ2) is 7.99. The number of rotatable bonds is 5. The lowest BCUT2D eigenvalue weighted by Gasteiger charge is -2.31. The van der Waals surface area contributed by atoms with Gasteiger partial charge >= 0.3 is 0 Å².